The minimum absolute atomic E-state index is 0.0732. The van der Waals surface area contributed by atoms with E-state index in [9.17, 15) is 22.0 Å². The van der Waals surface area contributed by atoms with Gasteiger partial charge in [0.2, 0.25) is 21.6 Å². The average Bonchev–Trinajstić information content (AvgIpc) is 3.44. The number of carbonyl (C=O) groups is 1. The maximum atomic E-state index is 14.0. The van der Waals surface area contributed by atoms with Crippen LogP contribution in [0.4, 0.5) is 20.3 Å². The summed E-state index contributed by atoms with van der Waals surface area (Å²) in [6.45, 7) is 1.75. The summed E-state index contributed by atoms with van der Waals surface area (Å²) in [5, 5.41) is 5.02. The highest BCUT2D eigenvalue weighted by molar-refractivity contribution is 7.92. The van der Waals surface area contributed by atoms with Crippen LogP contribution in [0.2, 0.25) is 5.02 Å². The first-order valence-electron chi connectivity index (χ1n) is 11.3. The van der Waals surface area contributed by atoms with E-state index in [1.54, 1.807) is 31.2 Å². The number of nitrogen functional groups attached to an aromatic ring is 1. The van der Waals surface area contributed by atoms with E-state index in [-0.39, 0.29) is 39.3 Å². The predicted octanol–water partition coefficient (Wildman–Crippen LogP) is 5.57. The zero-order valence-corrected chi connectivity index (χ0v) is 22.0. The summed E-state index contributed by atoms with van der Waals surface area (Å²) in [6.07, 6.45) is 2.34. The Balaban J connectivity index is 1.43. The summed E-state index contributed by atoms with van der Waals surface area (Å²) < 4.78 is 59.9. The molecule has 0 saturated heterocycles. The number of ether oxygens (including phenoxy) is 1. The van der Waals surface area contributed by atoms with Gasteiger partial charge in [0, 0.05) is 10.9 Å². The number of aromatic amines is 1. The molecular weight excluding hydrogens is 552 g/mol. The quantitative estimate of drug-likeness (QED) is 0.219. The van der Waals surface area contributed by atoms with Crippen LogP contribution in [0, 0.1) is 18.6 Å². The SMILES string of the molecule is Cc1cc(Oc2cccc(F)c2F)ccc1-n1ncc(C(=O)c2cc3cc(Cl)c(NS(C)(=O)=O)cc3[nH]2)c1N. The highest BCUT2D eigenvalue weighted by atomic mass is 35.5. The summed E-state index contributed by atoms with van der Waals surface area (Å²) >= 11 is 6.19. The highest BCUT2D eigenvalue weighted by Crippen LogP contribution is 2.32. The van der Waals surface area contributed by atoms with E-state index in [2.05, 4.69) is 14.8 Å². The number of sulfonamides is 1. The van der Waals surface area contributed by atoms with Gasteiger partial charge in [-0.05, 0) is 61.0 Å². The van der Waals surface area contributed by atoms with Crippen molar-refractivity contribution in [3.8, 4) is 17.2 Å². The molecule has 0 spiro atoms. The zero-order chi connectivity index (χ0) is 28.1. The number of nitrogens with one attached hydrogen (secondary N) is 2. The number of hydrogen-bond donors (Lipinski definition) is 3. The molecular formula is C26H20ClF2N5O4S. The Kier molecular flexibility index (Phi) is 6.52. The normalized spacial score (nSPS) is 11.6. The Bertz CT molecular complexity index is 1890. The second-order valence-electron chi connectivity index (χ2n) is 8.76. The summed E-state index contributed by atoms with van der Waals surface area (Å²) in [5.74, 6) is -2.48. The van der Waals surface area contributed by atoms with Crippen LogP contribution in [0.5, 0.6) is 11.5 Å². The van der Waals surface area contributed by atoms with Crippen LogP contribution in [-0.2, 0) is 10.0 Å². The van der Waals surface area contributed by atoms with Gasteiger partial charge in [-0.3, -0.25) is 9.52 Å². The summed E-state index contributed by atoms with van der Waals surface area (Å²) in [7, 11) is -3.56. The summed E-state index contributed by atoms with van der Waals surface area (Å²) in [6, 6.07) is 13.0. The number of aromatic nitrogens is 3. The first-order chi connectivity index (χ1) is 18.4. The van der Waals surface area contributed by atoms with E-state index in [1.165, 1.54) is 35.1 Å². The zero-order valence-electron chi connectivity index (χ0n) is 20.4. The number of ketones is 1. The highest BCUT2D eigenvalue weighted by Gasteiger charge is 2.21. The fourth-order valence-electron chi connectivity index (χ4n) is 4.04. The molecule has 0 unspecified atom stereocenters. The molecule has 0 fully saturated rings. The lowest BCUT2D eigenvalue weighted by atomic mass is 10.1. The molecule has 13 heteroatoms. The lowest BCUT2D eigenvalue weighted by Crippen LogP contribution is -2.09. The fraction of sp³-hybridized carbons (Fsp3) is 0.0769. The van der Waals surface area contributed by atoms with Crippen LogP contribution in [0.15, 0.2) is 60.8 Å². The van der Waals surface area contributed by atoms with Crippen molar-refractivity contribution >= 4 is 49.8 Å². The van der Waals surface area contributed by atoms with Crippen molar-refractivity contribution in [2.45, 2.75) is 6.92 Å². The standard InChI is InChI=1S/C26H20ClF2N5O4S/c1-13-8-15(38-23-5-3-4-18(28)24(23)29)6-7-22(13)34-26(30)16(12-31-34)25(35)21-10-14-9-17(27)20(11-19(14)32-21)33-39(2,36)37/h3-12,32-33H,30H2,1-2H3. The van der Waals surface area contributed by atoms with Crippen molar-refractivity contribution < 1.29 is 26.7 Å². The van der Waals surface area contributed by atoms with Gasteiger partial charge in [-0.25, -0.2) is 17.5 Å². The molecule has 0 amide bonds. The second-order valence-corrected chi connectivity index (χ2v) is 10.9. The van der Waals surface area contributed by atoms with Gasteiger partial charge >= 0.3 is 0 Å². The third-order valence-electron chi connectivity index (χ3n) is 5.84. The van der Waals surface area contributed by atoms with Crippen LogP contribution >= 0.6 is 11.6 Å². The predicted molar refractivity (Wildman–Crippen MR) is 144 cm³/mol. The van der Waals surface area contributed by atoms with Gasteiger partial charge in [0.25, 0.3) is 0 Å². The molecule has 5 rings (SSSR count). The van der Waals surface area contributed by atoms with E-state index < -0.39 is 27.4 Å². The Hall–Kier alpha value is -4.42. The Morgan fingerprint density at radius 3 is 2.64 bits per heavy atom. The van der Waals surface area contributed by atoms with Crippen molar-refractivity contribution in [3.05, 3.63) is 94.3 Å². The van der Waals surface area contributed by atoms with E-state index >= 15 is 0 Å². The van der Waals surface area contributed by atoms with Crippen LogP contribution < -0.4 is 15.2 Å². The first kappa shape index (κ1) is 26.2. The lowest BCUT2D eigenvalue weighted by Gasteiger charge is -2.12. The van der Waals surface area contributed by atoms with E-state index in [4.69, 9.17) is 22.1 Å². The van der Waals surface area contributed by atoms with Gasteiger partial charge in [-0.2, -0.15) is 9.49 Å². The molecule has 0 aliphatic rings. The van der Waals surface area contributed by atoms with Gasteiger partial charge in [0.1, 0.15) is 11.6 Å². The van der Waals surface area contributed by atoms with Gasteiger partial charge in [-0.15, -0.1) is 0 Å². The molecule has 0 aliphatic carbocycles. The minimum Gasteiger partial charge on any atom is -0.454 e. The van der Waals surface area contributed by atoms with E-state index in [1.807, 2.05) is 0 Å². The topological polar surface area (TPSA) is 132 Å². The lowest BCUT2D eigenvalue weighted by molar-refractivity contribution is 0.103. The molecule has 9 nitrogen and oxygen atoms in total. The summed E-state index contributed by atoms with van der Waals surface area (Å²) in [5.41, 5.74) is 8.46. The largest absolute Gasteiger partial charge is 0.454 e. The number of H-pyrrole nitrogens is 1. The molecule has 3 aromatic carbocycles. The van der Waals surface area contributed by atoms with Gasteiger partial charge in [0.05, 0.1) is 40.1 Å². The number of anilines is 2. The Morgan fingerprint density at radius 1 is 1.15 bits per heavy atom. The third kappa shape index (κ3) is 5.16. The Morgan fingerprint density at radius 2 is 1.92 bits per heavy atom. The number of aryl methyl sites for hydroxylation is 1. The number of carbonyl (C=O) groups excluding carboxylic acids is 1. The molecule has 39 heavy (non-hydrogen) atoms. The van der Waals surface area contributed by atoms with Gasteiger partial charge in [-0.1, -0.05) is 17.7 Å². The molecule has 0 aliphatic heterocycles. The van der Waals surface area contributed by atoms with Gasteiger partial charge in [0.15, 0.2) is 11.6 Å². The molecule has 0 radical (unpaired) electrons. The smallest absolute Gasteiger partial charge is 0.229 e. The first-order valence-corrected chi connectivity index (χ1v) is 13.6. The van der Waals surface area contributed by atoms with E-state index in [0.717, 1.165) is 12.3 Å². The number of fused-ring (bicyclic) bond motifs is 1. The molecule has 5 aromatic rings. The monoisotopic (exact) mass is 571 g/mol. The number of halogens is 3. The third-order valence-corrected chi connectivity index (χ3v) is 6.74. The maximum absolute atomic E-state index is 14.0. The van der Waals surface area contributed by atoms with Gasteiger partial charge < -0.3 is 15.5 Å². The van der Waals surface area contributed by atoms with Crippen LogP contribution in [0.25, 0.3) is 16.6 Å². The van der Waals surface area contributed by atoms with Crippen LogP contribution in [0.3, 0.4) is 0 Å². The van der Waals surface area contributed by atoms with Crippen molar-refractivity contribution in [1.29, 1.82) is 0 Å². The van der Waals surface area contributed by atoms with Crippen LogP contribution in [-0.4, -0.2) is 35.2 Å². The van der Waals surface area contributed by atoms with Crippen molar-refractivity contribution in [2.75, 3.05) is 16.7 Å². The van der Waals surface area contributed by atoms with Crippen molar-refractivity contribution in [3.63, 3.8) is 0 Å². The molecule has 200 valence electrons. The average molecular weight is 572 g/mol. The molecule has 2 aromatic heterocycles. The molecule has 0 bridgehead atoms. The number of benzene rings is 3. The summed E-state index contributed by atoms with van der Waals surface area (Å²) in [4.78, 5) is 16.3. The van der Waals surface area contributed by atoms with Crippen LogP contribution in [0.1, 0.15) is 21.6 Å². The number of nitrogens with zero attached hydrogens (tertiary/aromatic N) is 2. The number of nitrogens with two attached hydrogens (primary N) is 1. The maximum Gasteiger partial charge on any atom is 0.229 e. The fourth-order valence-corrected chi connectivity index (χ4v) is 4.89. The molecule has 0 saturated carbocycles. The minimum atomic E-state index is -3.56. The number of rotatable bonds is 7. The molecule has 2 heterocycles. The second kappa shape index (κ2) is 9.71. The Labute approximate surface area is 226 Å². The number of hydrogen-bond acceptors (Lipinski definition) is 6. The van der Waals surface area contributed by atoms with Crippen molar-refractivity contribution in [1.82, 2.24) is 14.8 Å². The van der Waals surface area contributed by atoms with Crippen molar-refractivity contribution in [2.24, 2.45) is 0 Å². The molecule has 0 atom stereocenters. The molecule has 4 N–H and O–H groups in total. The van der Waals surface area contributed by atoms with E-state index in [0.29, 0.717) is 22.2 Å².